The minimum Gasteiger partial charge on any atom is -0.349 e. The minimum absolute atomic E-state index is 0.0103. The smallest absolute Gasteiger partial charge is 0.319 e. The molecule has 1 rings (SSSR count). The number of carbonyl (C=O) groups is 2. The molecule has 6 heteroatoms. The Morgan fingerprint density at radius 2 is 1.73 bits per heavy atom. The van der Waals surface area contributed by atoms with Crippen molar-refractivity contribution in [1.82, 2.24) is 10.2 Å². The molecule has 2 N–H and O–H groups in total. The summed E-state index contributed by atoms with van der Waals surface area (Å²) in [6.07, 6.45) is 0.293. The lowest BCUT2D eigenvalue weighted by Crippen LogP contribution is -2.33. The predicted octanol–water partition coefficient (Wildman–Crippen LogP) is 3.18. The molecule has 1 aromatic carbocycles. The summed E-state index contributed by atoms with van der Waals surface area (Å²) in [5, 5.41) is 5.42. The van der Waals surface area contributed by atoms with Gasteiger partial charge in [-0.15, -0.1) is 11.8 Å². The number of rotatable bonds is 5. The topological polar surface area (TPSA) is 61.4 Å². The number of anilines is 1. The van der Waals surface area contributed by atoms with Gasteiger partial charge in [-0.1, -0.05) is 20.8 Å². The van der Waals surface area contributed by atoms with Gasteiger partial charge in [-0.3, -0.25) is 4.79 Å². The van der Waals surface area contributed by atoms with Crippen LogP contribution in [-0.4, -0.2) is 42.2 Å². The lowest BCUT2D eigenvalue weighted by atomic mass is 10.3. The van der Waals surface area contributed by atoms with Crippen molar-refractivity contribution in [2.45, 2.75) is 36.8 Å². The summed E-state index contributed by atoms with van der Waals surface area (Å²) in [5.41, 5.74) is 0.731. The number of thioether (sulfide) groups is 1. The van der Waals surface area contributed by atoms with Crippen LogP contribution in [0.3, 0.4) is 0 Å². The second-order valence-corrected chi connectivity index (χ2v) is 8.06. The monoisotopic (exact) mass is 323 g/mol. The molecule has 5 nitrogen and oxygen atoms in total. The maximum absolute atomic E-state index is 11.7. The molecular formula is C16H25N3O2S. The van der Waals surface area contributed by atoms with Gasteiger partial charge in [0, 0.05) is 42.4 Å². The molecule has 0 radical (unpaired) electrons. The molecule has 1 aromatic rings. The van der Waals surface area contributed by atoms with Crippen LogP contribution in [0, 0.1) is 0 Å². The van der Waals surface area contributed by atoms with Gasteiger partial charge in [0.25, 0.3) is 0 Å². The summed E-state index contributed by atoms with van der Waals surface area (Å²) < 4.78 is 0.158. The van der Waals surface area contributed by atoms with Gasteiger partial charge in [0.15, 0.2) is 0 Å². The maximum atomic E-state index is 11.7. The Bertz CT molecular complexity index is 507. The molecule has 0 aliphatic carbocycles. The lowest BCUT2D eigenvalue weighted by molar-refractivity contribution is -0.128. The molecule has 0 aromatic heterocycles. The van der Waals surface area contributed by atoms with Gasteiger partial charge in [0.05, 0.1) is 0 Å². The maximum Gasteiger partial charge on any atom is 0.319 e. The largest absolute Gasteiger partial charge is 0.349 e. The molecule has 0 aliphatic heterocycles. The van der Waals surface area contributed by atoms with Crippen molar-refractivity contribution >= 4 is 29.4 Å². The van der Waals surface area contributed by atoms with Crippen molar-refractivity contribution in [2.75, 3.05) is 26.0 Å². The van der Waals surface area contributed by atoms with E-state index < -0.39 is 0 Å². The Balaban J connectivity index is 2.40. The van der Waals surface area contributed by atoms with E-state index in [0.29, 0.717) is 13.0 Å². The highest BCUT2D eigenvalue weighted by atomic mass is 32.2. The van der Waals surface area contributed by atoms with Crippen molar-refractivity contribution in [3.8, 4) is 0 Å². The molecule has 0 heterocycles. The molecule has 0 bridgehead atoms. The number of urea groups is 1. The summed E-state index contributed by atoms with van der Waals surface area (Å²) in [6, 6.07) is 7.42. The zero-order valence-electron chi connectivity index (χ0n) is 13.9. The average Bonchev–Trinajstić information content (AvgIpc) is 2.39. The van der Waals surface area contributed by atoms with E-state index in [1.165, 1.54) is 4.90 Å². The van der Waals surface area contributed by atoms with Crippen LogP contribution in [0.4, 0.5) is 10.5 Å². The summed E-state index contributed by atoms with van der Waals surface area (Å²) in [7, 11) is 3.39. The van der Waals surface area contributed by atoms with Crippen LogP contribution in [0.1, 0.15) is 27.2 Å². The fourth-order valence-electron chi connectivity index (χ4n) is 1.64. The molecular weight excluding hydrogens is 298 g/mol. The van der Waals surface area contributed by atoms with Crippen molar-refractivity contribution < 1.29 is 9.59 Å². The first kappa shape index (κ1) is 18.4. The third-order valence-corrected chi connectivity index (χ3v) is 3.78. The molecule has 0 spiro atoms. The lowest BCUT2D eigenvalue weighted by Gasteiger charge is -2.17. The van der Waals surface area contributed by atoms with Gasteiger partial charge >= 0.3 is 6.03 Å². The number of hydrogen-bond donors (Lipinski definition) is 2. The highest BCUT2D eigenvalue weighted by Gasteiger charge is 2.12. The second kappa shape index (κ2) is 8.08. The van der Waals surface area contributed by atoms with Crippen LogP contribution >= 0.6 is 11.8 Å². The number of nitrogens with one attached hydrogen (secondary N) is 2. The zero-order chi connectivity index (χ0) is 16.8. The first-order valence-corrected chi connectivity index (χ1v) is 8.03. The SMILES string of the molecule is CN(C)C(=O)CCNC(=O)Nc1ccc(SC(C)(C)C)cc1. The quantitative estimate of drug-likeness (QED) is 0.818. The van der Waals surface area contributed by atoms with Crippen molar-refractivity contribution in [3.63, 3.8) is 0 Å². The van der Waals surface area contributed by atoms with E-state index in [1.807, 2.05) is 24.3 Å². The van der Waals surface area contributed by atoms with Gasteiger partial charge in [-0.05, 0) is 24.3 Å². The Morgan fingerprint density at radius 1 is 1.14 bits per heavy atom. The number of benzene rings is 1. The van der Waals surface area contributed by atoms with Crippen LogP contribution in [-0.2, 0) is 4.79 Å². The summed E-state index contributed by atoms with van der Waals surface area (Å²) >= 11 is 1.78. The van der Waals surface area contributed by atoms with E-state index in [9.17, 15) is 9.59 Å². The fourth-order valence-corrected chi connectivity index (χ4v) is 2.62. The van der Waals surface area contributed by atoms with E-state index in [2.05, 4.69) is 31.4 Å². The van der Waals surface area contributed by atoms with E-state index >= 15 is 0 Å². The molecule has 0 atom stereocenters. The molecule has 0 fully saturated rings. The van der Waals surface area contributed by atoms with Gasteiger partial charge in [-0.2, -0.15) is 0 Å². The Labute approximate surface area is 136 Å². The van der Waals surface area contributed by atoms with E-state index in [1.54, 1.807) is 25.9 Å². The van der Waals surface area contributed by atoms with Crippen LogP contribution in [0.5, 0.6) is 0 Å². The van der Waals surface area contributed by atoms with Gasteiger partial charge in [-0.25, -0.2) is 4.79 Å². The van der Waals surface area contributed by atoms with Crippen molar-refractivity contribution in [3.05, 3.63) is 24.3 Å². The van der Waals surface area contributed by atoms with Crippen LogP contribution in [0.25, 0.3) is 0 Å². The highest BCUT2D eigenvalue weighted by Crippen LogP contribution is 2.32. The molecule has 0 unspecified atom stereocenters. The number of nitrogens with zero attached hydrogens (tertiary/aromatic N) is 1. The van der Waals surface area contributed by atoms with Crippen molar-refractivity contribution in [2.24, 2.45) is 0 Å². The summed E-state index contributed by atoms with van der Waals surface area (Å²) in [6.45, 7) is 6.80. The number of hydrogen-bond acceptors (Lipinski definition) is 3. The van der Waals surface area contributed by atoms with Gasteiger partial charge in [0.1, 0.15) is 0 Å². The zero-order valence-corrected chi connectivity index (χ0v) is 14.7. The summed E-state index contributed by atoms with van der Waals surface area (Å²) in [5.74, 6) is -0.0103. The van der Waals surface area contributed by atoms with Crippen LogP contribution in [0.15, 0.2) is 29.2 Å². The summed E-state index contributed by atoms with van der Waals surface area (Å²) in [4.78, 5) is 25.8. The third-order valence-electron chi connectivity index (χ3n) is 2.66. The Kier molecular flexibility index (Phi) is 6.74. The Morgan fingerprint density at radius 3 is 2.23 bits per heavy atom. The van der Waals surface area contributed by atoms with Crippen LogP contribution < -0.4 is 10.6 Å². The Hall–Kier alpha value is -1.69. The molecule has 0 saturated heterocycles. The first-order valence-electron chi connectivity index (χ1n) is 7.21. The average molecular weight is 323 g/mol. The fraction of sp³-hybridized carbons (Fsp3) is 0.500. The standard InChI is InChI=1S/C16H25N3O2S/c1-16(2,3)22-13-8-6-12(7-9-13)18-15(21)17-11-10-14(20)19(4)5/h6-9H,10-11H2,1-5H3,(H2,17,18,21). The highest BCUT2D eigenvalue weighted by molar-refractivity contribution is 8.00. The van der Waals surface area contributed by atoms with Gasteiger partial charge in [0.2, 0.25) is 5.91 Å². The molecule has 0 saturated carbocycles. The third kappa shape index (κ3) is 7.36. The number of amides is 3. The van der Waals surface area contributed by atoms with E-state index in [0.717, 1.165) is 10.6 Å². The minimum atomic E-state index is -0.303. The number of carbonyl (C=O) groups excluding carboxylic acids is 2. The van der Waals surface area contributed by atoms with E-state index in [-0.39, 0.29) is 16.7 Å². The molecule has 0 aliphatic rings. The molecule has 22 heavy (non-hydrogen) atoms. The predicted molar refractivity (Wildman–Crippen MR) is 92.4 cm³/mol. The first-order chi connectivity index (χ1) is 10.2. The second-order valence-electron chi connectivity index (χ2n) is 6.16. The molecule has 122 valence electrons. The molecule has 3 amide bonds. The van der Waals surface area contributed by atoms with Gasteiger partial charge < -0.3 is 15.5 Å². The normalized spacial score (nSPS) is 11.0. The van der Waals surface area contributed by atoms with Crippen molar-refractivity contribution in [1.29, 1.82) is 0 Å². The van der Waals surface area contributed by atoms with Crippen LogP contribution in [0.2, 0.25) is 0 Å². The van der Waals surface area contributed by atoms with E-state index in [4.69, 9.17) is 0 Å².